The van der Waals surface area contributed by atoms with Crippen LogP contribution in [0.5, 0.6) is 0 Å². The zero-order chi connectivity index (χ0) is 10.3. The van der Waals surface area contributed by atoms with Crippen LogP contribution in [-0.2, 0) is 0 Å². The van der Waals surface area contributed by atoms with E-state index >= 15 is 0 Å². The molecule has 0 spiro atoms. The summed E-state index contributed by atoms with van der Waals surface area (Å²) in [5.41, 5.74) is 6.66. The van der Waals surface area contributed by atoms with Crippen molar-refractivity contribution in [3.8, 4) is 0 Å². The first-order valence-corrected chi connectivity index (χ1v) is 6.06. The van der Waals surface area contributed by atoms with E-state index in [4.69, 9.17) is 5.73 Å². The molecule has 0 aromatic rings. The monoisotopic (exact) mass is 196 g/mol. The normalized spacial score (nSPS) is 49.3. The van der Waals surface area contributed by atoms with E-state index in [1.165, 1.54) is 32.4 Å². The molecular weight excluding hydrogens is 172 g/mol. The van der Waals surface area contributed by atoms with Crippen LogP contribution in [0.2, 0.25) is 0 Å². The molecule has 1 aliphatic heterocycles. The van der Waals surface area contributed by atoms with Crippen molar-refractivity contribution in [1.82, 2.24) is 4.90 Å². The molecule has 4 atom stereocenters. The summed E-state index contributed by atoms with van der Waals surface area (Å²) >= 11 is 0. The summed E-state index contributed by atoms with van der Waals surface area (Å²) in [5.74, 6) is 0.686. The van der Waals surface area contributed by atoms with Crippen LogP contribution in [0, 0.1) is 11.3 Å². The van der Waals surface area contributed by atoms with Crippen molar-refractivity contribution in [1.29, 1.82) is 0 Å². The molecule has 1 saturated carbocycles. The third kappa shape index (κ3) is 1.70. The van der Waals surface area contributed by atoms with Gasteiger partial charge in [0, 0.05) is 18.6 Å². The first kappa shape index (κ1) is 10.4. The topological polar surface area (TPSA) is 29.3 Å². The number of likely N-dealkylation sites (tertiary alicyclic amines) is 1. The molecule has 0 aromatic heterocycles. The predicted molar refractivity (Wildman–Crippen MR) is 60.1 cm³/mol. The standard InChI is InChI=1S/C12H24N2/c1-4-12(3)7-11(12)14-6-5-10(13)9(2)8-14/h9-11H,4-8,13H2,1-3H3. The summed E-state index contributed by atoms with van der Waals surface area (Å²) in [4.78, 5) is 2.68. The van der Waals surface area contributed by atoms with Gasteiger partial charge in [-0.25, -0.2) is 0 Å². The first-order chi connectivity index (χ1) is 6.57. The number of nitrogens with zero attached hydrogens (tertiary/aromatic N) is 1. The molecule has 0 radical (unpaired) electrons. The Balaban J connectivity index is 1.89. The molecule has 0 amide bonds. The van der Waals surface area contributed by atoms with E-state index < -0.39 is 0 Å². The van der Waals surface area contributed by atoms with Crippen LogP contribution < -0.4 is 5.73 Å². The summed E-state index contributed by atoms with van der Waals surface area (Å²) in [6.07, 6.45) is 3.93. The van der Waals surface area contributed by atoms with E-state index in [1.807, 2.05) is 0 Å². The Hall–Kier alpha value is -0.0800. The van der Waals surface area contributed by atoms with Gasteiger partial charge in [-0.3, -0.25) is 4.90 Å². The van der Waals surface area contributed by atoms with E-state index in [2.05, 4.69) is 25.7 Å². The van der Waals surface area contributed by atoms with Gasteiger partial charge in [-0.2, -0.15) is 0 Å². The molecule has 2 N–H and O–H groups in total. The van der Waals surface area contributed by atoms with E-state index in [-0.39, 0.29) is 0 Å². The number of hydrogen-bond donors (Lipinski definition) is 1. The lowest BCUT2D eigenvalue weighted by Crippen LogP contribution is -2.47. The fourth-order valence-electron chi connectivity index (χ4n) is 2.81. The van der Waals surface area contributed by atoms with Crippen molar-refractivity contribution in [3.05, 3.63) is 0 Å². The third-order valence-electron chi connectivity index (χ3n) is 4.56. The van der Waals surface area contributed by atoms with Gasteiger partial charge in [0.2, 0.25) is 0 Å². The fourth-order valence-corrected chi connectivity index (χ4v) is 2.81. The van der Waals surface area contributed by atoms with Gasteiger partial charge in [-0.05, 0) is 37.1 Å². The maximum atomic E-state index is 6.03. The molecule has 1 heterocycles. The van der Waals surface area contributed by atoms with Crippen molar-refractivity contribution in [3.63, 3.8) is 0 Å². The van der Waals surface area contributed by atoms with Crippen molar-refractivity contribution in [2.75, 3.05) is 13.1 Å². The van der Waals surface area contributed by atoms with Crippen LogP contribution in [0.3, 0.4) is 0 Å². The van der Waals surface area contributed by atoms with E-state index in [9.17, 15) is 0 Å². The Morgan fingerprint density at radius 3 is 2.71 bits per heavy atom. The predicted octanol–water partition coefficient (Wildman–Crippen LogP) is 1.84. The second-order valence-corrected chi connectivity index (χ2v) is 5.65. The minimum atomic E-state index is 0.442. The lowest BCUT2D eigenvalue weighted by atomic mass is 9.94. The second-order valence-electron chi connectivity index (χ2n) is 5.65. The largest absolute Gasteiger partial charge is 0.327 e. The Labute approximate surface area is 87.8 Å². The summed E-state index contributed by atoms with van der Waals surface area (Å²) < 4.78 is 0. The van der Waals surface area contributed by atoms with Gasteiger partial charge < -0.3 is 5.73 Å². The highest BCUT2D eigenvalue weighted by molar-refractivity contribution is 5.06. The van der Waals surface area contributed by atoms with Crippen LogP contribution in [0.1, 0.15) is 40.0 Å². The number of piperidine rings is 1. The summed E-state index contributed by atoms with van der Waals surface area (Å²) in [6, 6.07) is 1.31. The van der Waals surface area contributed by atoms with Gasteiger partial charge in [0.05, 0.1) is 0 Å². The van der Waals surface area contributed by atoms with Gasteiger partial charge in [0.25, 0.3) is 0 Å². The molecule has 0 bridgehead atoms. The zero-order valence-corrected chi connectivity index (χ0v) is 9.79. The average molecular weight is 196 g/mol. The van der Waals surface area contributed by atoms with E-state index in [0.717, 1.165) is 6.04 Å². The van der Waals surface area contributed by atoms with E-state index in [0.29, 0.717) is 17.4 Å². The lowest BCUT2D eigenvalue weighted by Gasteiger charge is -2.36. The highest BCUT2D eigenvalue weighted by Crippen LogP contribution is 2.52. The fraction of sp³-hybridized carbons (Fsp3) is 1.00. The Morgan fingerprint density at radius 1 is 1.50 bits per heavy atom. The number of hydrogen-bond acceptors (Lipinski definition) is 2. The minimum Gasteiger partial charge on any atom is -0.327 e. The van der Waals surface area contributed by atoms with Gasteiger partial charge in [0.15, 0.2) is 0 Å². The van der Waals surface area contributed by atoms with Gasteiger partial charge in [-0.1, -0.05) is 20.8 Å². The van der Waals surface area contributed by atoms with Crippen molar-refractivity contribution < 1.29 is 0 Å². The molecule has 4 unspecified atom stereocenters. The maximum Gasteiger partial charge on any atom is 0.0155 e. The number of rotatable bonds is 2. The van der Waals surface area contributed by atoms with E-state index in [1.54, 1.807) is 0 Å². The zero-order valence-electron chi connectivity index (χ0n) is 9.79. The molecular formula is C12H24N2. The third-order valence-corrected chi connectivity index (χ3v) is 4.56. The van der Waals surface area contributed by atoms with Gasteiger partial charge in [0.1, 0.15) is 0 Å². The molecule has 1 aliphatic carbocycles. The van der Waals surface area contributed by atoms with Gasteiger partial charge in [-0.15, -0.1) is 0 Å². The Kier molecular flexibility index (Phi) is 2.61. The second kappa shape index (κ2) is 3.49. The summed E-state index contributed by atoms with van der Waals surface area (Å²) in [7, 11) is 0. The molecule has 0 aromatic carbocycles. The molecule has 82 valence electrons. The quantitative estimate of drug-likeness (QED) is 0.730. The average Bonchev–Trinajstić information content (AvgIpc) is 2.84. The molecule has 1 saturated heterocycles. The van der Waals surface area contributed by atoms with Crippen LogP contribution in [0.15, 0.2) is 0 Å². The summed E-state index contributed by atoms with van der Waals surface area (Å²) in [5, 5.41) is 0. The Bertz CT molecular complexity index is 216. The highest BCUT2D eigenvalue weighted by atomic mass is 15.2. The SMILES string of the molecule is CCC1(C)CC1N1CCC(N)C(C)C1. The molecule has 2 aliphatic rings. The highest BCUT2D eigenvalue weighted by Gasteiger charge is 2.52. The minimum absolute atomic E-state index is 0.442. The molecule has 14 heavy (non-hydrogen) atoms. The lowest BCUT2D eigenvalue weighted by molar-refractivity contribution is 0.139. The Morgan fingerprint density at radius 2 is 2.21 bits per heavy atom. The van der Waals surface area contributed by atoms with Gasteiger partial charge >= 0.3 is 0 Å². The first-order valence-electron chi connectivity index (χ1n) is 6.06. The van der Waals surface area contributed by atoms with Crippen molar-refractivity contribution in [2.24, 2.45) is 17.1 Å². The van der Waals surface area contributed by atoms with Crippen molar-refractivity contribution in [2.45, 2.75) is 52.1 Å². The summed E-state index contributed by atoms with van der Waals surface area (Å²) in [6.45, 7) is 9.49. The van der Waals surface area contributed by atoms with Crippen LogP contribution >= 0.6 is 0 Å². The molecule has 2 heteroatoms. The van der Waals surface area contributed by atoms with Crippen LogP contribution in [-0.4, -0.2) is 30.1 Å². The van der Waals surface area contributed by atoms with Crippen molar-refractivity contribution >= 4 is 0 Å². The molecule has 2 fully saturated rings. The maximum absolute atomic E-state index is 6.03. The van der Waals surface area contributed by atoms with Crippen LogP contribution in [0.4, 0.5) is 0 Å². The van der Waals surface area contributed by atoms with Crippen LogP contribution in [0.25, 0.3) is 0 Å². The number of nitrogens with two attached hydrogens (primary N) is 1. The smallest absolute Gasteiger partial charge is 0.0155 e. The molecule has 2 nitrogen and oxygen atoms in total. The molecule has 2 rings (SSSR count).